The normalized spacial score (nSPS) is 20.9. The number of esters is 1. The molecule has 15 heteroatoms. The second-order valence-electron chi connectivity index (χ2n) is 15.5. The zero-order chi connectivity index (χ0) is 38.6. The van der Waals surface area contributed by atoms with Crippen LogP contribution in [0.25, 0.3) is 5.57 Å². The molecule has 1 aliphatic carbocycles. The third kappa shape index (κ3) is 12.6. The van der Waals surface area contributed by atoms with E-state index >= 15 is 0 Å². The number of allylic oxidation sites excluding steroid dienone is 3. The number of nitriles is 1. The summed E-state index contributed by atoms with van der Waals surface area (Å²) in [7, 11) is 0. The van der Waals surface area contributed by atoms with E-state index in [1.54, 1.807) is 0 Å². The summed E-state index contributed by atoms with van der Waals surface area (Å²) in [6.45, 7) is 19.4. The maximum Gasteiger partial charge on any atom is 0.313 e. The Morgan fingerprint density at radius 1 is 1.21 bits per heavy atom. The number of aromatic nitrogens is 5. The Morgan fingerprint density at radius 2 is 1.91 bits per heavy atom. The predicted octanol–water partition coefficient (Wildman–Crippen LogP) is 6.15. The lowest BCUT2D eigenvalue weighted by Gasteiger charge is -2.32. The van der Waals surface area contributed by atoms with Crippen molar-refractivity contribution in [1.82, 2.24) is 35.8 Å². The first-order chi connectivity index (χ1) is 25.2. The molecule has 14 nitrogen and oxygen atoms in total. The van der Waals surface area contributed by atoms with Gasteiger partial charge in [0.1, 0.15) is 18.2 Å². The molecule has 3 heterocycles. The van der Waals surface area contributed by atoms with E-state index in [9.17, 15) is 10.1 Å². The smallest absolute Gasteiger partial charge is 0.313 e. The van der Waals surface area contributed by atoms with Gasteiger partial charge in [-0.3, -0.25) is 4.79 Å². The number of tetrazole rings is 1. The van der Waals surface area contributed by atoms with Gasteiger partial charge >= 0.3 is 5.97 Å². The molecule has 1 saturated heterocycles. The minimum atomic E-state index is -0.645. The fourth-order valence-corrected chi connectivity index (χ4v) is 6.35. The second kappa shape index (κ2) is 19.4. The number of carbonyl (C=O) groups is 1. The zero-order valence-corrected chi connectivity index (χ0v) is 33.1. The van der Waals surface area contributed by atoms with Gasteiger partial charge in [0, 0.05) is 54.4 Å². The van der Waals surface area contributed by atoms with Crippen LogP contribution < -0.4 is 16.0 Å². The van der Waals surface area contributed by atoms with Gasteiger partial charge in [-0.15, -0.1) is 15.0 Å². The molecule has 3 N–H and O–H groups in total. The number of pyridine rings is 1. The van der Waals surface area contributed by atoms with Crippen LogP contribution in [-0.2, 0) is 25.6 Å². The first kappa shape index (κ1) is 41.9. The van der Waals surface area contributed by atoms with Crippen LogP contribution in [0.15, 0.2) is 40.1 Å². The van der Waals surface area contributed by atoms with Crippen molar-refractivity contribution in [3.8, 4) is 6.07 Å². The summed E-state index contributed by atoms with van der Waals surface area (Å²) in [5.41, 5.74) is 0.353. The van der Waals surface area contributed by atoms with E-state index in [4.69, 9.17) is 30.8 Å². The van der Waals surface area contributed by atoms with Crippen LogP contribution in [0.4, 0.5) is 5.82 Å². The first-order valence-corrected chi connectivity index (χ1v) is 18.9. The molecule has 2 fully saturated rings. The minimum absolute atomic E-state index is 0.0330. The average Bonchev–Trinajstić information content (AvgIpc) is 3.60. The highest BCUT2D eigenvalue weighted by molar-refractivity contribution is 6.32. The Bertz CT molecular complexity index is 1610. The SMILES string of the molecule is C=N/C(=C\C(=C(/C)Cl)c1cccc(NCC2(C#N)CCOCC2)n1)NC1CCC(N[C@H](C)COCc2nnn([C@H](OC(=O)C(C)(C)C)C(C)C)n2)CC1. The molecule has 290 valence electrons. The summed E-state index contributed by atoms with van der Waals surface area (Å²) in [6, 6.07) is 8.95. The van der Waals surface area contributed by atoms with Crippen LogP contribution in [0.2, 0.25) is 0 Å². The number of carbonyl (C=O) groups excluding carboxylic acids is 1. The summed E-state index contributed by atoms with van der Waals surface area (Å²) >= 11 is 6.59. The number of anilines is 1. The number of hydrogen-bond acceptors (Lipinski definition) is 13. The van der Waals surface area contributed by atoms with Gasteiger partial charge in [0.2, 0.25) is 12.1 Å². The number of halogens is 1. The van der Waals surface area contributed by atoms with E-state index < -0.39 is 17.1 Å². The molecular weight excluding hydrogens is 696 g/mol. The third-order valence-corrected chi connectivity index (χ3v) is 9.65. The summed E-state index contributed by atoms with van der Waals surface area (Å²) in [6.07, 6.45) is 6.56. The number of nitrogens with zero attached hydrogens (tertiary/aromatic N) is 7. The number of hydrogen-bond donors (Lipinski definition) is 3. The molecule has 2 atom stereocenters. The van der Waals surface area contributed by atoms with Gasteiger partial charge in [-0.2, -0.15) is 5.26 Å². The fraction of sp³-hybridized carbons (Fsp3) is 0.658. The van der Waals surface area contributed by atoms with Crippen molar-refractivity contribution in [1.29, 1.82) is 5.26 Å². The highest BCUT2D eigenvalue weighted by Gasteiger charge is 2.33. The zero-order valence-electron chi connectivity index (χ0n) is 32.3. The fourth-order valence-electron chi connectivity index (χ4n) is 6.20. The van der Waals surface area contributed by atoms with Gasteiger partial charge < -0.3 is 30.2 Å². The molecule has 2 aromatic heterocycles. The summed E-state index contributed by atoms with van der Waals surface area (Å²) in [5.74, 6) is 1.40. The molecule has 2 aromatic rings. The Kier molecular flexibility index (Phi) is 15.3. The van der Waals surface area contributed by atoms with Crippen LogP contribution in [0.3, 0.4) is 0 Å². The van der Waals surface area contributed by atoms with Crippen LogP contribution in [0.5, 0.6) is 0 Å². The molecule has 1 aliphatic heterocycles. The van der Waals surface area contributed by atoms with Crippen LogP contribution in [0, 0.1) is 28.1 Å². The van der Waals surface area contributed by atoms with E-state index in [1.807, 2.05) is 65.8 Å². The standard InChI is InChI=1S/C38H57ClN10O4/c1-25(2)35(53-36(50)37(5,6)7)49-47-34(46-48-49)22-52-21-26(3)43-28-12-14-29(15-13-28)44-33(41-8)20-30(27(4)39)31-10-9-11-32(45-31)42-24-38(23-40)16-18-51-19-17-38/h9-11,20,25-26,28-29,35,43-44H,8,12-19,21-22,24H2,1-7H3,(H,42,45)/b30-27-,33-20+/t26-,28?,29?,35-/m1/s1. The molecule has 0 bridgehead atoms. The molecular formula is C38H57ClN10O4. The maximum atomic E-state index is 12.5. The molecule has 4 rings (SSSR count). The summed E-state index contributed by atoms with van der Waals surface area (Å²) < 4.78 is 17.1. The molecule has 0 aromatic carbocycles. The molecule has 0 spiro atoms. The summed E-state index contributed by atoms with van der Waals surface area (Å²) in [5, 5.41) is 33.7. The molecule has 0 amide bonds. The van der Waals surface area contributed by atoms with E-state index in [1.165, 1.54) is 4.80 Å². The van der Waals surface area contributed by atoms with Gasteiger partial charge in [-0.1, -0.05) is 31.5 Å². The van der Waals surface area contributed by atoms with E-state index in [0.717, 1.165) is 31.3 Å². The lowest BCUT2D eigenvalue weighted by Crippen LogP contribution is -2.44. The Morgan fingerprint density at radius 3 is 2.53 bits per heavy atom. The lowest BCUT2D eigenvalue weighted by molar-refractivity contribution is -0.169. The molecule has 0 unspecified atom stereocenters. The summed E-state index contributed by atoms with van der Waals surface area (Å²) in [4.78, 5) is 22.9. The van der Waals surface area contributed by atoms with Gasteiger partial charge in [-0.25, -0.2) is 9.98 Å². The van der Waals surface area contributed by atoms with Crippen molar-refractivity contribution in [2.45, 2.75) is 118 Å². The third-order valence-electron chi connectivity index (χ3n) is 9.45. The molecule has 1 saturated carbocycles. The quantitative estimate of drug-likeness (QED) is 0.0957. The van der Waals surface area contributed by atoms with E-state index in [2.05, 4.69) is 56.1 Å². The monoisotopic (exact) mass is 752 g/mol. The van der Waals surface area contributed by atoms with E-state index in [0.29, 0.717) is 73.4 Å². The minimum Gasteiger partial charge on any atom is -0.437 e. The van der Waals surface area contributed by atoms with Crippen LogP contribution >= 0.6 is 11.6 Å². The highest BCUT2D eigenvalue weighted by atomic mass is 35.5. The molecule has 2 aliphatic rings. The Labute approximate surface area is 319 Å². The van der Waals surface area contributed by atoms with Crippen LogP contribution in [0.1, 0.15) is 105 Å². The average molecular weight is 753 g/mol. The van der Waals surface area contributed by atoms with Gasteiger partial charge in [0.25, 0.3) is 0 Å². The van der Waals surface area contributed by atoms with Crippen molar-refractivity contribution >= 4 is 35.7 Å². The number of nitrogens with one attached hydrogen (secondary N) is 3. The largest absolute Gasteiger partial charge is 0.437 e. The van der Waals surface area contributed by atoms with Crippen molar-refractivity contribution in [2.24, 2.45) is 21.7 Å². The molecule has 53 heavy (non-hydrogen) atoms. The number of rotatable bonds is 17. The van der Waals surface area contributed by atoms with Crippen molar-refractivity contribution in [3.05, 3.63) is 46.6 Å². The van der Waals surface area contributed by atoms with Gasteiger partial charge in [0.15, 0.2) is 0 Å². The van der Waals surface area contributed by atoms with Crippen molar-refractivity contribution < 1.29 is 19.0 Å². The molecule has 0 radical (unpaired) electrons. The highest BCUT2D eigenvalue weighted by Crippen LogP contribution is 2.31. The first-order valence-electron chi connectivity index (χ1n) is 18.6. The second-order valence-corrected chi connectivity index (χ2v) is 16.1. The Balaban J connectivity index is 1.23. The van der Waals surface area contributed by atoms with Crippen LogP contribution in [-0.4, -0.2) is 82.4 Å². The Hall–Kier alpha value is -3.90. The number of aliphatic imine (C=N–C) groups is 1. The van der Waals surface area contributed by atoms with Gasteiger partial charge in [0.05, 0.1) is 29.2 Å². The lowest BCUT2D eigenvalue weighted by atomic mass is 9.82. The van der Waals surface area contributed by atoms with E-state index in [-0.39, 0.29) is 30.6 Å². The predicted molar refractivity (Wildman–Crippen MR) is 206 cm³/mol. The van der Waals surface area contributed by atoms with Gasteiger partial charge in [-0.05, 0) is 103 Å². The topological polar surface area (TPSA) is 173 Å². The van der Waals surface area contributed by atoms with Crippen molar-refractivity contribution in [3.63, 3.8) is 0 Å². The number of ether oxygens (including phenoxy) is 3. The van der Waals surface area contributed by atoms with Crippen molar-refractivity contribution in [2.75, 3.05) is 31.7 Å². The maximum absolute atomic E-state index is 12.5.